The van der Waals surface area contributed by atoms with Gasteiger partial charge in [-0.15, -0.1) is 0 Å². The summed E-state index contributed by atoms with van der Waals surface area (Å²) in [7, 11) is 1.31. The molecule has 0 rings (SSSR count). The van der Waals surface area contributed by atoms with Gasteiger partial charge in [0.2, 0.25) is 0 Å². The topological polar surface area (TPSA) is 89.5 Å². The molecule has 0 aromatic carbocycles. The third kappa shape index (κ3) is 41.1. The van der Waals surface area contributed by atoms with Crippen LogP contribution in [-0.2, 0) is 9.53 Å². The largest absolute Gasteiger partial charge is 1.00 e. The zero-order valence-corrected chi connectivity index (χ0v) is 13.6. The van der Waals surface area contributed by atoms with Crippen molar-refractivity contribution in [3.05, 3.63) is 12.7 Å². The van der Waals surface area contributed by atoms with E-state index in [9.17, 15) is 4.79 Å². The molecule has 0 aromatic heterocycles. The molecule has 0 saturated carbocycles. The molecular formula is C5H6K2O5. The first-order valence-electron chi connectivity index (χ1n) is 2.13. The standard InChI is InChI=1S/C4H6O2.CH2O3.2K/c1-3-4(5)6-2;2-1(3)4;;/h3H,1H2,2H3;(H2,2,3,4);;/q;;2*+1/p-2. The summed E-state index contributed by atoms with van der Waals surface area (Å²) in [6, 6.07) is 0. The van der Waals surface area contributed by atoms with Gasteiger partial charge in [0.15, 0.2) is 0 Å². The molecule has 5 nitrogen and oxygen atoms in total. The molecule has 0 atom stereocenters. The van der Waals surface area contributed by atoms with E-state index in [-0.39, 0.29) is 103 Å². The third-order valence-electron chi connectivity index (χ3n) is 0.368. The van der Waals surface area contributed by atoms with Crippen molar-refractivity contribution >= 4 is 12.1 Å². The fourth-order valence-corrected chi connectivity index (χ4v) is 0.0833. The Balaban J connectivity index is -0.0000000483. The van der Waals surface area contributed by atoms with E-state index in [0.29, 0.717) is 0 Å². The molecule has 0 saturated heterocycles. The molecule has 12 heavy (non-hydrogen) atoms. The number of hydrogen-bond acceptors (Lipinski definition) is 5. The average Bonchev–Trinajstić information content (AvgIpc) is 1.85. The van der Waals surface area contributed by atoms with Gasteiger partial charge in [0.05, 0.1) is 7.11 Å². The van der Waals surface area contributed by atoms with Crippen LogP contribution in [0.2, 0.25) is 0 Å². The number of rotatable bonds is 1. The second-order valence-electron chi connectivity index (χ2n) is 0.977. The van der Waals surface area contributed by atoms with Crippen LogP contribution in [0.5, 0.6) is 0 Å². The predicted molar refractivity (Wildman–Crippen MR) is 27.6 cm³/mol. The Hall–Kier alpha value is 1.75. The summed E-state index contributed by atoms with van der Waals surface area (Å²) in [6.45, 7) is 3.16. The molecule has 0 N–H and O–H groups in total. The molecule has 7 heteroatoms. The number of esters is 1. The maximum Gasteiger partial charge on any atom is 1.00 e. The van der Waals surface area contributed by atoms with Crippen LogP contribution in [0.4, 0.5) is 4.79 Å². The zero-order valence-electron chi connectivity index (χ0n) is 7.33. The van der Waals surface area contributed by atoms with Gasteiger partial charge in [-0.25, -0.2) is 4.79 Å². The molecule has 0 aromatic rings. The van der Waals surface area contributed by atoms with Gasteiger partial charge in [-0.2, -0.15) is 0 Å². The van der Waals surface area contributed by atoms with E-state index in [1.165, 1.54) is 7.11 Å². The molecule has 0 bridgehead atoms. The summed E-state index contributed by atoms with van der Waals surface area (Å²) in [4.78, 5) is 18.2. The maximum atomic E-state index is 9.84. The molecule has 0 unspecified atom stereocenters. The molecule has 0 spiro atoms. The normalized spacial score (nSPS) is 5.42. The Morgan fingerprint density at radius 2 is 1.58 bits per heavy atom. The van der Waals surface area contributed by atoms with E-state index in [0.717, 1.165) is 6.08 Å². The molecule has 0 fully saturated rings. The second kappa shape index (κ2) is 18.5. The van der Waals surface area contributed by atoms with E-state index in [1.54, 1.807) is 0 Å². The van der Waals surface area contributed by atoms with Gasteiger partial charge in [-0.1, -0.05) is 6.58 Å². The van der Waals surface area contributed by atoms with Gasteiger partial charge < -0.3 is 19.7 Å². The first kappa shape index (κ1) is 23.5. The zero-order chi connectivity index (χ0) is 8.57. The summed E-state index contributed by atoms with van der Waals surface area (Å²) in [5, 5.41) is 16.7. The van der Waals surface area contributed by atoms with Crippen molar-refractivity contribution in [2.75, 3.05) is 7.11 Å². The van der Waals surface area contributed by atoms with Crippen LogP contribution in [0.1, 0.15) is 0 Å². The summed E-state index contributed by atoms with van der Waals surface area (Å²) in [6.07, 6.45) is -1.22. The number of carbonyl (C=O) groups is 2. The summed E-state index contributed by atoms with van der Waals surface area (Å²) in [5.74, 6) is -0.394. The molecule has 0 aliphatic heterocycles. The first-order valence-corrected chi connectivity index (χ1v) is 2.13. The van der Waals surface area contributed by atoms with Crippen LogP contribution in [-0.4, -0.2) is 19.2 Å². The molecule has 0 aliphatic rings. The fraction of sp³-hybridized carbons (Fsp3) is 0.200. The predicted octanol–water partition coefficient (Wildman–Crippen LogP) is -8.09. The Morgan fingerprint density at radius 3 is 1.58 bits per heavy atom. The third-order valence-corrected chi connectivity index (χ3v) is 0.368. The van der Waals surface area contributed by atoms with Gasteiger partial charge >= 0.3 is 109 Å². The summed E-state index contributed by atoms with van der Waals surface area (Å²) < 4.78 is 4.14. The number of methoxy groups -OCH3 is 1. The minimum atomic E-state index is -2.33. The Labute approximate surface area is 155 Å². The van der Waals surface area contributed by atoms with Crippen LogP contribution >= 0.6 is 0 Å². The van der Waals surface area contributed by atoms with Gasteiger partial charge in [0.1, 0.15) is 0 Å². The van der Waals surface area contributed by atoms with Crippen LogP contribution < -0.4 is 113 Å². The van der Waals surface area contributed by atoms with E-state index < -0.39 is 12.1 Å². The smallest absolute Gasteiger partial charge is 0.652 e. The van der Waals surface area contributed by atoms with Crippen LogP contribution in [0.15, 0.2) is 12.7 Å². The van der Waals surface area contributed by atoms with E-state index in [1.807, 2.05) is 0 Å². The average molecular weight is 224 g/mol. The van der Waals surface area contributed by atoms with Gasteiger partial charge in [0, 0.05) is 6.08 Å². The fourth-order valence-electron chi connectivity index (χ4n) is 0.0833. The second-order valence-corrected chi connectivity index (χ2v) is 0.977. The number of carboxylic acid groups (broad SMARTS) is 2. The van der Waals surface area contributed by atoms with E-state index in [2.05, 4.69) is 11.3 Å². The number of hydrogen-bond donors (Lipinski definition) is 0. The van der Waals surface area contributed by atoms with Gasteiger partial charge in [-0.3, -0.25) is 0 Å². The van der Waals surface area contributed by atoms with Crippen molar-refractivity contribution < 1.29 is 127 Å². The van der Waals surface area contributed by atoms with Crippen molar-refractivity contribution in [2.24, 2.45) is 0 Å². The van der Waals surface area contributed by atoms with E-state index >= 15 is 0 Å². The molecular weight excluding hydrogens is 218 g/mol. The van der Waals surface area contributed by atoms with Crippen molar-refractivity contribution in [3.8, 4) is 0 Å². The minimum absolute atomic E-state index is 0. The Kier molecular flexibility index (Phi) is 36.3. The molecule has 0 amide bonds. The minimum Gasteiger partial charge on any atom is -0.652 e. The summed E-state index contributed by atoms with van der Waals surface area (Å²) in [5.41, 5.74) is 0. The van der Waals surface area contributed by atoms with Crippen LogP contribution in [0.25, 0.3) is 0 Å². The molecule has 0 radical (unpaired) electrons. The SMILES string of the molecule is C=CC(=O)OC.O=C([O-])[O-].[K+].[K+]. The van der Waals surface area contributed by atoms with E-state index in [4.69, 9.17) is 15.0 Å². The Bertz CT molecular complexity index is 132. The Morgan fingerprint density at radius 1 is 1.33 bits per heavy atom. The maximum absolute atomic E-state index is 9.84. The van der Waals surface area contributed by atoms with Gasteiger partial charge in [-0.05, 0) is 6.16 Å². The summed E-state index contributed by atoms with van der Waals surface area (Å²) >= 11 is 0. The van der Waals surface area contributed by atoms with Crippen LogP contribution in [0.3, 0.4) is 0 Å². The van der Waals surface area contributed by atoms with Crippen molar-refractivity contribution in [2.45, 2.75) is 0 Å². The molecule has 58 valence electrons. The number of ether oxygens (including phenoxy) is 1. The van der Waals surface area contributed by atoms with Crippen LogP contribution in [0, 0.1) is 0 Å². The van der Waals surface area contributed by atoms with Gasteiger partial charge in [0.25, 0.3) is 0 Å². The van der Waals surface area contributed by atoms with Crippen molar-refractivity contribution in [1.29, 1.82) is 0 Å². The number of carbonyl (C=O) groups excluding carboxylic acids is 2. The monoisotopic (exact) mass is 224 g/mol. The first-order chi connectivity index (χ1) is 4.54. The molecule has 0 aliphatic carbocycles. The molecule has 0 heterocycles. The van der Waals surface area contributed by atoms with Crippen molar-refractivity contribution in [3.63, 3.8) is 0 Å². The quantitative estimate of drug-likeness (QED) is 0.251. The van der Waals surface area contributed by atoms with Crippen molar-refractivity contribution in [1.82, 2.24) is 0 Å².